The van der Waals surface area contributed by atoms with Gasteiger partial charge in [0.2, 0.25) is 0 Å². The molecule has 0 amide bonds. The molecule has 4 rings (SSSR count). The van der Waals surface area contributed by atoms with E-state index in [1.54, 1.807) is 0 Å². The number of benzene rings is 4. The summed E-state index contributed by atoms with van der Waals surface area (Å²) in [6, 6.07) is 16.8. The van der Waals surface area contributed by atoms with Crippen LogP contribution in [0.25, 0.3) is 32.3 Å². The van der Waals surface area contributed by atoms with E-state index in [1.165, 1.54) is 27.1 Å². The van der Waals surface area contributed by atoms with E-state index in [2.05, 4.69) is 43.3 Å². The zero-order chi connectivity index (χ0) is 13.7. The minimum Gasteiger partial charge on any atom is -0.537 e. The summed E-state index contributed by atoms with van der Waals surface area (Å²) in [5.41, 5.74) is 1.27. The fraction of sp³-hybridized carbons (Fsp3) is 0.0588. The summed E-state index contributed by atoms with van der Waals surface area (Å²) >= 11 is 0. The van der Waals surface area contributed by atoms with Crippen molar-refractivity contribution in [2.24, 2.45) is 0 Å². The minimum atomic E-state index is 0.648. The van der Waals surface area contributed by atoms with Crippen LogP contribution >= 0.6 is 0 Å². The van der Waals surface area contributed by atoms with Crippen molar-refractivity contribution >= 4 is 40.0 Å². The summed E-state index contributed by atoms with van der Waals surface area (Å²) in [6.45, 7) is 2.12. The predicted molar refractivity (Wildman–Crippen MR) is 83.5 cm³/mol. The van der Waals surface area contributed by atoms with Gasteiger partial charge in [-0.3, -0.25) is 0 Å². The van der Waals surface area contributed by atoms with Crippen molar-refractivity contribution in [1.29, 1.82) is 0 Å². The highest BCUT2D eigenvalue weighted by Gasteiger charge is 2.10. The maximum Gasteiger partial charge on any atom is 0.569 e. The summed E-state index contributed by atoms with van der Waals surface area (Å²) in [5, 5.41) is 16.1. The molecule has 95 valence electrons. The van der Waals surface area contributed by atoms with Crippen LogP contribution in [0.3, 0.4) is 0 Å². The van der Waals surface area contributed by atoms with Crippen LogP contribution in [0.5, 0.6) is 5.75 Å². The topological polar surface area (TPSA) is 29.5 Å². The summed E-state index contributed by atoms with van der Waals surface area (Å²) in [4.78, 5) is 0. The highest BCUT2D eigenvalue weighted by atomic mass is 16.5. The van der Waals surface area contributed by atoms with Crippen molar-refractivity contribution in [2.45, 2.75) is 6.92 Å². The van der Waals surface area contributed by atoms with Crippen LogP contribution in [0, 0.1) is 6.92 Å². The molecule has 3 heteroatoms. The lowest BCUT2D eigenvalue weighted by Crippen LogP contribution is -1.99. The molecule has 0 spiro atoms. The van der Waals surface area contributed by atoms with Crippen molar-refractivity contribution in [3.63, 3.8) is 0 Å². The van der Waals surface area contributed by atoms with Crippen LogP contribution in [0.2, 0.25) is 0 Å². The molecule has 0 aromatic heterocycles. The third-order valence-corrected chi connectivity index (χ3v) is 3.84. The van der Waals surface area contributed by atoms with Gasteiger partial charge in [-0.1, -0.05) is 36.4 Å². The fourth-order valence-electron chi connectivity index (χ4n) is 3.09. The molecule has 0 fully saturated rings. The van der Waals surface area contributed by atoms with Gasteiger partial charge in [-0.2, -0.15) is 0 Å². The Balaban J connectivity index is 2.20. The average Bonchev–Trinajstić information content (AvgIpc) is 2.44. The van der Waals surface area contributed by atoms with Gasteiger partial charge in [0.15, 0.2) is 0 Å². The van der Waals surface area contributed by atoms with Gasteiger partial charge in [-0.25, -0.2) is 0 Å². The Morgan fingerprint density at radius 1 is 0.800 bits per heavy atom. The van der Waals surface area contributed by atoms with Crippen molar-refractivity contribution in [1.82, 2.24) is 0 Å². The smallest absolute Gasteiger partial charge is 0.537 e. The Labute approximate surface area is 117 Å². The second-order valence-corrected chi connectivity index (χ2v) is 5.19. The molecule has 0 aliphatic rings. The van der Waals surface area contributed by atoms with Crippen LogP contribution in [-0.4, -0.2) is 12.7 Å². The Morgan fingerprint density at radius 3 is 1.70 bits per heavy atom. The highest BCUT2D eigenvalue weighted by molar-refractivity contribution is 6.24. The van der Waals surface area contributed by atoms with E-state index in [4.69, 9.17) is 9.68 Å². The molecule has 0 unspecified atom stereocenters. The van der Waals surface area contributed by atoms with E-state index in [9.17, 15) is 0 Å². The van der Waals surface area contributed by atoms with Crippen LogP contribution in [-0.2, 0) is 0 Å². The van der Waals surface area contributed by atoms with Gasteiger partial charge < -0.3 is 9.68 Å². The monoisotopic (exact) mass is 259 g/mol. The fourth-order valence-corrected chi connectivity index (χ4v) is 3.09. The van der Waals surface area contributed by atoms with E-state index in [1.807, 2.05) is 12.1 Å². The molecule has 0 atom stereocenters. The molecule has 1 radical (unpaired) electrons. The largest absolute Gasteiger partial charge is 0.569 e. The molecule has 0 aliphatic heterocycles. The standard InChI is InChI=1S/C17H12BO2/c1-10-6-11-2-4-13-8-15(20-18-19)9-14-5-3-12(7-10)16(11)17(13)14/h2-9,19H,1H3. The summed E-state index contributed by atoms with van der Waals surface area (Å²) < 4.78 is 5.10. The molecule has 0 bridgehead atoms. The van der Waals surface area contributed by atoms with E-state index in [0.717, 1.165) is 18.5 Å². The Kier molecular flexibility index (Phi) is 2.38. The molecule has 20 heavy (non-hydrogen) atoms. The van der Waals surface area contributed by atoms with Gasteiger partial charge in [0, 0.05) is 0 Å². The van der Waals surface area contributed by atoms with Crippen molar-refractivity contribution < 1.29 is 9.68 Å². The van der Waals surface area contributed by atoms with Gasteiger partial charge in [0.25, 0.3) is 0 Å². The summed E-state index contributed by atoms with van der Waals surface area (Å²) in [7, 11) is 0.719. The number of hydrogen-bond donors (Lipinski definition) is 1. The van der Waals surface area contributed by atoms with Crippen LogP contribution in [0.15, 0.2) is 48.5 Å². The van der Waals surface area contributed by atoms with Gasteiger partial charge in [0.1, 0.15) is 5.75 Å². The maximum absolute atomic E-state index is 8.80. The highest BCUT2D eigenvalue weighted by Crippen LogP contribution is 2.37. The normalized spacial score (nSPS) is 11.5. The quantitative estimate of drug-likeness (QED) is 0.438. The maximum atomic E-state index is 8.80. The molecule has 4 aromatic carbocycles. The lowest BCUT2D eigenvalue weighted by molar-refractivity contribution is 0.454. The molecule has 0 aliphatic carbocycles. The van der Waals surface area contributed by atoms with Gasteiger partial charge in [-0.15, -0.1) is 0 Å². The molecular formula is C17H12BO2. The van der Waals surface area contributed by atoms with Gasteiger partial charge in [0.05, 0.1) is 0 Å². The average molecular weight is 259 g/mol. The molecule has 0 heterocycles. The molecule has 4 aromatic rings. The summed E-state index contributed by atoms with van der Waals surface area (Å²) in [6.07, 6.45) is 0. The third-order valence-electron chi connectivity index (χ3n) is 3.84. The van der Waals surface area contributed by atoms with Gasteiger partial charge in [-0.05, 0) is 56.9 Å². The second-order valence-electron chi connectivity index (χ2n) is 5.19. The zero-order valence-electron chi connectivity index (χ0n) is 11.1. The van der Waals surface area contributed by atoms with E-state index in [0.29, 0.717) is 5.75 Å². The Morgan fingerprint density at radius 2 is 1.25 bits per heavy atom. The molecule has 1 N–H and O–H groups in total. The SMILES string of the molecule is Cc1cc2ccc3cc(O[B]O)cc4ccc(c1)c2c34. The molecule has 2 nitrogen and oxygen atoms in total. The first kappa shape index (κ1) is 11.6. The number of aryl methyl sites for hydroxylation is 1. The lowest BCUT2D eigenvalue weighted by atomic mass is 9.93. The van der Waals surface area contributed by atoms with E-state index < -0.39 is 0 Å². The van der Waals surface area contributed by atoms with E-state index in [-0.39, 0.29) is 0 Å². The minimum absolute atomic E-state index is 0.648. The zero-order valence-corrected chi connectivity index (χ0v) is 11.1. The van der Waals surface area contributed by atoms with Gasteiger partial charge >= 0.3 is 7.69 Å². The Hall–Kier alpha value is -2.26. The number of hydrogen-bond acceptors (Lipinski definition) is 2. The summed E-state index contributed by atoms with van der Waals surface area (Å²) in [5.74, 6) is 0.648. The van der Waals surface area contributed by atoms with Crippen LogP contribution in [0.4, 0.5) is 0 Å². The second kappa shape index (κ2) is 4.12. The Bertz CT molecular complexity index is 864. The predicted octanol–water partition coefficient (Wildman–Crippen LogP) is 3.80. The van der Waals surface area contributed by atoms with Crippen LogP contribution < -0.4 is 4.65 Å². The van der Waals surface area contributed by atoms with Crippen molar-refractivity contribution in [3.05, 3.63) is 54.1 Å². The first-order valence-electron chi connectivity index (χ1n) is 6.58. The first-order chi connectivity index (χ1) is 9.76. The molecule has 0 saturated carbocycles. The third kappa shape index (κ3) is 1.57. The number of rotatable bonds is 2. The van der Waals surface area contributed by atoms with Crippen molar-refractivity contribution in [3.8, 4) is 5.75 Å². The van der Waals surface area contributed by atoms with E-state index >= 15 is 0 Å². The van der Waals surface area contributed by atoms with Crippen molar-refractivity contribution in [2.75, 3.05) is 0 Å². The lowest BCUT2D eigenvalue weighted by Gasteiger charge is -2.13. The van der Waals surface area contributed by atoms with Crippen LogP contribution in [0.1, 0.15) is 5.56 Å². The molecule has 0 saturated heterocycles. The molecular weight excluding hydrogens is 247 g/mol. The first-order valence-corrected chi connectivity index (χ1v) is 6.58.